The molecule has 0 atom stereocenters. The van der Waals surface area contributed by atoms with Crippen LogP contribution in [-0.2, 0) is 11.3 Å². The maximum absolute atomic E-state index is 14.0. The Hall–Kier alpha value is -5.42. The first-order valence-electron chi connectivity index (χ1n) is 13.2. The number of rotatable bonds is 5. The van der Waals surface area contributed by atoms with Gasteiger partial charge in [0.05, 0.1) is 27.5 Å². The van der Waals surface area contributed by atoms with E-state index in [0.717, 1.165) is 38.1 Å². The van der Waals surface area contributed by atoms with Crippen LogP contribution in [0.2, 0.25) is 0 Å². The van der Waals surface area contributed by atoms with Crippen LogP contribution in [0.5, 0.6) is 0 Å². The molecule has 0 aliphatic rings. The van der Waals surface area contributed by atoms with Gasteiger partial charge in [0.25, 0.3) is 5.56 Å². The van der Waals surface area contributed by atoms with Crippen molar-refractivity contribution in [2.45, 2.75) is 20.4 Å². The molecular weight excluding hydrogens is 548 g/mol. The van der Waals surface area contributed by atoms with E-state index in [9.17, 15) is 9.59 Å². The number of fused-ring (bicyclic) bond motifs is 3. The number of nitrogens with zero attached hydrogens (tertiary/aromatic N) is 6. The number of aryl methyl sites for hydroxylation is 1. The molecule has 7 rings (SSSR count). The van der Waals surface area contributed by atoms with E-state index in [-0.39, 0.29) is 18.0 Å². The van der Waals surface area contributed by atoms with Gasteiger partial charge in [0.2, 0.25) is 5.91 Å². The van der Waals surface area contributed by atoms with Crippen molar-refractivity contribution in [1.82, 2.24) is 29.3 Å². The van der Waals surface area contributed by atoms with Crippen molar-refractivity contribution in [2.75, 3.05) is 11.1 Å². The van der Waals surface area contributed by atoms with Gasteiger partial charge in [-0.3, -0.25) is 14.2 Å². The lowest BCUT2D eigenvalue weighted by atomic mass is 10.1. The van der Waals surface area contributed by atoms with Gasteiger partial charge in [0.1, 0.15) is 17.8 Å². The maximum atomic E-state index is 14.0. The van der Waals surface area contributed by atoms with E-state index in [4.69, 9.17) is 10.8 Å². The van der Waals surface area contributed by atoms with Crippen molar-refractivity contribution in [3.8, 4) is 16.9 Å². The molecule has 206 valence electrons. The van der Waals surface area contributed by atoms with Gasteiger partial charge < -0.3 is 11.1 Å². The first-order chi connectivity index (χ1) is 20.4. The quantitative estimate of drug-likeness (QED) is 0.286. The van der Waals surface area contributed by atoms with Crippen LogP contribution in [0, 0.1) is 6.92 Å². The number of hydrogen-bond acceptors (Lipinski definition) is 8. The second-order valence-corrected chi connectivity index (χ2v) is 11.0. The minimum Gasteiger partial charge on any atom is -0.383 e. The number of nitrogens with one attached hydrogen (secondary N) is 1. The molecule has 0 aliphatic heterocycles. The van der Waals surface area contributed by atoms with Crippen molar-refractivity contribution in [2.24, 2.45) is 0 Å². The summed E-state index contributed by atoms with van der Waals surface area (Å²) in [6.07, 6.45) is 1.41. The van der Waals surface area contributed by atoms with Crippen LogP contribution < -0.4 is 16.6 Å². The Balaban J connectivity index is 1.41. The van der Waals surface area contributed by atoms with Crippen molar-refractivity contribution in [3.63, 3.8) is 0 Å². The average Bonchev–Trinajstić information content (AvgIpc) is 3.54. The molecule has 0 unspecified atom stereocenters. The van der Waals surface area contributed by atoms with Gasteiger partial charge in [0.15, 0.2) is 10.8 Å². The number of pyridine rings is 1. The van der Waals surface area contributed by atoms with Crippen LogP contribution >= 0.6 is 11.3 Å². The van der Waals surface area contributed by atoms with E-state index in [1.54, 1.807) is 9.25 Å². The Morgan fingerprint density at radius 3 is 2.64 bits per heavy atom. The fourth-order valence-electron chi connectivity index (χ4n) is 5.34. The van der Waals surface area contributed by atoms with Crippen LogP contribution in [0.4, 0.5) is 10.9 Å². The lowest BCUT2D eigenvalue weighted by molar-refractivity contribution is -0.114. The van der Waals surface area contributed by atoms with Crippen LogP contribution in [-0.4, -0.2) is 35.2 Å². The first-order valence-corrected chi connectivity index (χ1v) is 14.0. The number of amides is 1. The van der Waals surface area contributed by atoms with Gasteiger partial charge in [-0.2, -0.15) is 5.10 Å². The summed E-state index contributed by atoms with van der Waals surface area (Å²) in [4.78, 5) is 38.8. The summed E-state index contributed by atoms with van der Waals surface area (Å²) < 4.78 is 4.42. The number of thiazole rings is 1. The van der Waals surface area contributed by atoms with Crippen LogP contribution in [0.25, 0.3) is 49.0 Å². The second-order valence-electron chi connectivity index (χ2n) is 10.00. The normalized spacial score (nSPS) is 11.5. The van der Waals surface area contributed by atoms with Crippen molar-refractivity contribution >= 4 is 60.2 Å². The maximum Gasteiger partial charge on any atom is 0.263 e. The number of aromatic nitrogens is 6. The van der Waals surface area contributed by atoms with E-state index in [2.05, 4.69) is 20.3 Å². The van der Waals surface area contributed by atoms with Crippen LogP contribution in [0.15, 0.2) is 83.9 Å². The third-order valence-corrected chi connectivity index (χ3v) is 8.11. The van der Waals surface area contributed by atoms with E-state index >= 15 is 0 Å². The van der Waals surface area contributed by atoms with Gasteiger partial charge in [-0.05, 0) is 48.2 Å². The molecule has 0 fully saturated rings. The molecule has 0 saturated heterocycles. The molecule has 3 N–H and O–H groups in total. The fraction of sp³-hybridized carbons (Fsp3) is 0.0968. The van der Waals surface area contributed by atoms with E-state index in [1.165, 1.54) is 24.6 Å². The molecule has 4 aromatic heterocycles. The highest BCUT2D eigenvalue weighted by atomic mass is 32.1. The summed E-state index contributed by atoms with van der Waals surface area (Å²) in [5, 5.41) is 10.4. The summed E-state index contributed by atoms with van der Waals surface area (Å²) in [5.74, 6) is 0.120. The highest BCUT2D eigenvalue weighted by molar-refractivity contribution is 7.22. The lowest BCUT2D eigenvalue weighted by Gasteiger charge is -2.16. The minimum absolute atomic E-state index is 0.0958. The highest BCUT2D eigenvalue weighted by Gasteiger charge is 2.20. The van der Waals surface area contributed by atoms with Gasteiger partial charge in [-0.15, -0.1) is 0 Å². The molecule has 42 heavy (non-hydrogen) atoms. The Kier molecular flexibility index (Phi) is 6.02. The van der Waals surface area contributed by atoms with Crippen LogP contribution in [0.3, 0.4) is 0 Å². The molecule has 0 radical (unpaired) electrons. The fourth-order valence-corrected chi connectivity index (χ4v) is 6.23. The third kappa shape index (κ3) is 4.27. The number of para-hydroxylation sites is 1. The van der Waals surface area contributed by atoms with E-state index in [0.29, 0.717) is 33.1 Å². The summed E-state index contributed by atoms with van der Waals surface area (Å²) in [7, 11) is 0. The summed E-state index contributed by atoms with van der Waals surface area (Å²) in [6, 6.07) is 23.3. The number of anilines is 2. The number of carbonyl (C=O) groups is 1. The zero-order chi connectivity index (χ0) is 29.0. The number of carbonyl (C=O) groups excluding carboxylic acids is 1. The number of nitrogens with two attached hydrogens (primary N) is 1. The molecule has 0 bridgehead atoms. The van der Waals surface area contributed by atoms with Gasteiger partial charge in [0, 0.05) is 23.9 Å². The predicted octanol–water partition coefficient (Wildman–Crippen LogP) is 5.30. The number of hydrogen-bond donors (Lipinski definition) is 2. The highest BCUT2D eigenvalue weighted by Crippen LogP contribution is 2.34. The van der Waals surface area contributed by atoms with Gasteiger partial charge in [-0.1, -0.05) is 53.8 Å². The Morgan fingerprint density at radius 1 is 1.00 bits per heavy atom. The molecule has 11 heteroatoms. The molecule has 10 nitrogen and oxygen atoms in total. The molecule has 7 aromatic rings. The molecule has 1 amide bonds. The summed E-state index contributed by atoms with van der Waals surface area (Å²) >= 11 is 1.40. The zero-order valence-electron chi connectivity index (χ0n) is 22.7. The molecule has 4 heterocycles. The molecule has 0 saturated carbocycles. The van der Waals surface area contributed by atoms with Crippen molar-refractivity contribution in [1.29, 1.82) is 0 Å². The van der Waals surface area contributed by atoms with Gasteiger partial charge >= 0.3 is 0 Å². The third-order valence-electron chi connectivity index (χ3n) is 7.16. The van der Waals surface area contributed by atoms with Gasteiger partial charge in [-0.25, -0.2) is 19.6 Å². The predicted molar refractivity (Wildman–Crippen MR) is 166 cm³/mol. The minimum atomic E-state index is -0.179. The zero-order valence-corrected chi connectivity index (χ0v) is 23.5. The Labute approximate surface area is 243 Å². The molecule has 3 aromatic carbocycles. The summed E-state index contributed by atoms with van der Waals surface area (Å²) in [6.45, 7) is 3.66. The topological polar surface area (TPSA) is 134 Å². The number of nitrogen functional groups attached to an aromatic ring is 1. The summed E-state index contributed by atoms with van der Waals surface area (Å²) in [5.41, 5.74) is 11.4. The molecule has 0 spiro atoms. The Bertz CT molecular complexity index is 2230. The SMILES string of the molecule is CC(=O)Nc1nc2cc(-c3nn(Cc4cc5cccc(C)c5c(=O)n4-c4ccccc4)c4ncnc(N)c34)ccc2s1. The van der Waals surface area contributed by atoms with Crippen molar-refractivity contribution < 1.29 is 4.79 Å². The van der Waals surface area contributed by atoms with Crippen molar-refractivity contribution in [3.05, 3.63) is 101 Å². The molecule has 0 aliphatic carbocycles. The van der Waals surface area contributed by atoms with E-state index in [1.807, 2.05) is 79.7 Å². The largest absolute Gasteiger partial charge is 0.383 e. The standard InChI is InChI=1S/C31H24N8O2S/c1-17-7-6-8-19-13-22(39(30(41)25(17)19)21-9-4-3-5-10-21)15-38-29-26(28(32)33-16-34-29)27(37-38)20-11-12-24-23(14-20)36-31(42-24)35-18(2)40/h3-14,16H,15H2,1-2H3,(H2,32,33,34)(H,35,36,40). The Morgan fingerprint density at radius 2 is 1.83 bits per heavy atom. The van der Waals surface area contributed by atoms with Crippen LogP contribution in [0.1, 0.15) is 18.2 Å². The number of benzene rings is 3. The average molecular weight is 573 g/mol. The van der Waals surface area contributed by atoms with E-state index < -0.39 is 0 Å². The second kappa shape index (κ2) is 9.89. The smallest absolute Gasteiger partial charge is 0.263 e. The molecular formula is C31H24N8O2S. The lowest BCUT2D eigenvalue weighted by Crippen LogP contribution is -2.24. The first kappa shape index (κ1) is 25.5. The monoisotopic (exact) mass is 572 g/mol.